The van der Waals surface area contributed by atoms with E-state index in [1.54, 1.807) is 20.8 Å². The van der Waals surface area contributed by atoms with E-state index in [1.165, 1.54) is 11.8 Å². The molecule has 0 aromatic heterocycles. The van der Waals surface area contributed by atoms with Gasteiger partial charge >= 0.3 is 12.1 Å². The maximum Gasteiger partial charge on any atom is 0.410 e. The smallest absolute Gasteiger partial charge is 0.410 e. The van der Waals surface area contributed by atoms with Crippen LogP contribution in [0.4, 0.5) is 13.6 Å². The Morgan fingerprint density at radius 3 is 2.46 bits per heavy atom. The molecular weight excluding hydrogens is 320 g/mol. The fourth-order valence-corrected chi connectivity index (χ4v) is 3.76. The first kappa shape index (κ1) is 18.9. The van der Waals surface area contributed by atoms with Crippen LogP contribution in [-0.4, -0.2) is 48.2 Å². The summed E-state index contributed by atoms with van der Waals surface area (Å²) in [5.74, 6) is -4.45. The minimum Gasteiger partial charge on any atom is -0.465 e. The Labute approximate surface area is 141 Å². The molecule has 1 saturated heterocycles. The minimum atomic E-state index is -2.86. The van der Waals surface area contributed by atoms with Gasteiger partial charge in [0.25, 0.3) is 5.92 Å². The highest BCUT2D eigenvalue weighted by Crippen LogP contribution is 2.71. The van der Waals surface area contributed by atoms with Crippen LogP contribution < -0.4 is 0 Å². The van der Waals surface area contributed by atoms with Crippen LogP contribution in [0.2, 0.25) is 0 Å². The van der Waals surface area contributed by atoms with Crippen molar-refractivity contribution in [2.75, 3.05) is 19.7 Å². The molecule has 0 bridgehead atoms. The fourth-order valence-electron chi connectivity index (χ4n) is 3.76. The normalized spacial score (nSPS) is 32.2. The van der Waals surface area contributed by atoms with Gasteiger partial charge in [0, 0.05) is 25.4 Å². The lowest BCUT2D eigenvalue weighted by molar-refractivity contribution is -0.142. The standard InChI is InChI=1S/C17H27F2NO4/c1-11-8-16(13(17(16,18)19)10-23-12(2)21)6-7-20(9-11)14(22)24-15(3,4)5/h11,13H,6-10H2,1-5H3. The number of hydrogen-bond acceptors (Lipinski definition) is 4. The molecule has 0 N–H and O–H groups in total. The van der Waals surface area contributed by atoms with Gasteiger partial charge in [-0.05, 0) is 39.5 Å². The lowest BCUT2D eigenvalue weighted by atomic mass is 9.89. The number of halogens is 2. The zero-order chi connectivity index (χ0) is 18.3. The first-order valence-corrected chi connectivity index (χ1v) is 8.38. The Bertz CT molecular complexity index is 517. The van der Waals surface area contributed by atoms with Crippen molar-refractivity contribution < 1.29 is 27.8 Å². The highest BCUT2D eigenvalue weighted by molar-refractivity contribution is 5.68. The summed E-state index contributed by atoms with van der Waals surface area (Å²) in [6.07, 6.45) is 0.0349. The molecule has 2 fully saturated rings. The van der Waals surface area contributed by atoms with Crippen LogP contribution in [0.25, 0.3) is 0 Å². The number of esters is 1. The maximum atomic E-state index is 14.4. The topological polar surface area (TPSA) is 55.8 Å². The van der Waals surface area contributed by atoms with Gasteiger partial charge < -0.3 is 14.4 Å². The van der Waals surface area contributed by atoms with Crippen LogP contribution in [0.3, 0.4) is 0 Å². The van der Waals surface area contributed by atoms with E-state index in [1.807, 2.05) is 6.92 Å². The predicted octanol–water partition coefficient (Wildman–Crippen LogP) is 3.47. The molecule has 1 aliphatic heterocycles. The summed E-state index contributed by atoms with van der Waals surface area (Å²) in [7, 11) is 0. The predicted molar refractivity (Wildman–Crippen MR) is 83.7 cm³/mol. The molecule has 1 saturated carbocycles. The van der Waals surface area contributed by atoms with Crippen molar-refractivity contribution in [3.05, 3.63) is 0 Å². The molecule has 1 spiro atoms. The molecule has 3 unspecified atom stereocenters. The van der Waals surface area contributed by atoms with Gasteiger partial charge in [-0.3, -0.25) is 4.79 Å². The molecule has 7 heteroatoms. The molecule has 138 valence electrons. The molecule has 1 heterocycles. The number of rotatable bonds is 2. The van der Waals surface area contributed by atoms with Gasteiger partial charge in [-0.25, -0.2) is 13.6 Å². The van der Waals surface area contributed by atoms with Crippen molar-refractivity contribution in [2.45, 2.75) is 59.0 Å². The van der Waals surface area contributed by atoms with Gasteiger partial charge in [0.2, 0.25) is 0 Å². The first-order valence-electron chi connectivity index (χ1n) is 8.38. The van der Waals surface area contributed by atoms with E-state index in [-0.39, 0.29) is 25.5 Å². The second-order valence-electron chi connectivity index (χ2n) is 8.12. The Hall–Kier alpha value is -1.40. The molecule has 2 aliphatic rings. The number of carbonyl (C=O) groups excluding carboxylic acids is 2. The van der Waals surface area contributed by atoms with Crippen LogP contribution in [0.5, 0.6) is 0 Å². The van der Waals surface area contributed by atoms with Gasteiger partial charge in [0.15, 0.2) is 0 Å². The van der Waals surface area contributed by atoms with Crippen LogP contribution in [0, 0.1) is 17.3 Å². The molecule has 3 atom stereocenters. The largest absolute Gasteiger partial charge is 0.465 e. The third-order valence-corrected chi connectivity index (χ3v) is 4.86. The average molecular weight is 347 g/mol. The van der Waals surface area contributed by atoms with Gasteiger partial charge in [0.1, 0.15) is 12.2 Å². The molecule has 2 rings (SSSR count). The Kier molecular flexibility index (Phi) is 4.85. The van der Waals surface area contributed by atoms with Crippen LogP contribution >= 0.6 is 0 Å². The number of carbonyl (C=O) groups is 2. The number of hydrogen-bond donors (Lipinski definition) is 0. The van der Waals surface area contributed by atoms with Crippen LogP contribution in [-0.2, 0) is 14.3 Å². The van der Waals surface area contributed by atoms with E-state index < -0.39 is 34.9 Å². The van der Waals surface area contributed by atoms with E-state index in [4.69, 9.17) is 9.47 Å². The molecule has 24 heavy (non-hydrogen) atoms. The zero-order valence-corrected chi connectivity index (χ0v) is 15.0. The quantitative estimate of drug-likeness (QED) is 0.718. The van der Waals surface area contributed by atoms with Gasteiger partial charge in [-0.2, -0.15) is 0 Å². The fraction of sp³-hybridized carbons (Fsp3) is 0.882. The van der Waals surface area contributed by atoms with E-state index in [9.17, 15) is 18.4 Å². The maximum absolute atomic E-state index is 14.4. The Morgan fingerprint density at radius 2 is 1.92 bits per heavy atom. The molecule has 5 nitrogen and oxygen atoms in total. The molecular formula is C17H27F2NO4. The van der Waals surface area contributed by atoms with Crippen molar-refractivity contribution in [2.24, 2.45) is 17.3 Å². The number of amides is 1. The molecule has 0 aromatic carbocycles. The number of nitrogens with zero attached hydrogens (tertiary/aromatic N) is 1. The van der Waals surface area contributed by atoms with E-state index in [0.717, 1.165) is 0 Å². The summed E-state index contributed by atoms with van der Waals surface area (Å²) >= 11 is 0. The lowest BCUT2D eigenvalue weighted by Gasteiger charge is -2.27. The monoisotopic (exact) mass is 347 g/mol. The van der Waals surface area contributed by atoms with Gasteiger partial charge in [0.05, 0.1) is 5.92 Å². The average Bonchev–Trinajstić information content (AvgIpc) is 2.91. The highest BCUT2D eigenvalue weighted by Gasteiger charge is 2.80. The summed E-state index contributed by atoms with van der Waals surface area (Å²) in [6, 6.07) is 0. The zero-order valence-electron chi connectivity index (χ0n) is 15.0. The minimum absolute atomic E-state index is 0.0757. The van der Waals surface area contributed by atoms with E-state index in [0.29, 0.717) is 13.0 Å². The third kappa shape index (κ3) is 3.64. The van der Waals surface area contributed by atoms with Gasteiger partial charge in [-0.1, -0.05) is 6.92 Å². The summed E-state index contributed by atoms with van der Waals surface area (Å²) in [5.41, 5.74) is -1.80. The second kappa shape index (κ2) is 6.15. The summed E-state index contributed by atoms with van der Waals surface area (Å²) < 4.78 is 39.0. The summed E-state index contributed by atoms with van der Waals surface area (Å²) in [5, 5.41) is 0. The van der Waals surface area contributed by atoms with Crippen molar-refractivity contribution >= 4 is 12.1 Å². The molecule has 0 radical (unpaired) electrons. The highest BCUT2D eigenvalue weighted by atomic mass is 19.3. The number of likely N-dealkylation sites (tertiary alicyclic amines) is 1. The molecule has 1 amide bonds. The summed E-state index contributed by atoms with van der Waals surface area (Å²) in [4.78, 5) is 24.7. The van der Waals surface area contributed by atoms with Crippen molar-refractivity contribution in [1.82, 2.24) is 4.90 Å². The van der Waals surface area contributed by atoms with E-state index >= 15 is 0 Å². The van der Waals surface area contributed by atoms with Gasteiger partial charge in [-0.15, -0.1) is 0 Å². The van der Waals surface area contributed by atoms with Crippen molar-refractivity contribution in [1.29, 1.82) is 0 Å². The third-order valence-electron chi connectivity index (χ3n) is 4.86. The number of alkyl halides is 2. The van der Waals surface area contributed by atoms with E-state index in [2.05, 4.69) is 0 Å². The summed E-state index contributed by atoms with van der Waals surface area (Å²) in [6.45, 7) is 8.77. The second-order valence-corrected chi connectivity index (χ2v) is 8.12. The molecule has 0 aromatic rings. The van der Waals surface area contributed by atoms with Crippen molar-refractivity contribution in [3.8, 4) is 0 Å². The van der Waals surface area contributed by atoms with Crippen LogP contribution in [0.15, 0.2) is 0 Å². The SMILES string of the molecule is CC(=O)OCC1C(F)(F)C12CCN(C(=O)OC(C)(C)C)CC(C)C2. The first-order chi connectivity index (χ1) is 10.9. The lowest BCUT2D eigenvalue weighted by Crippen LogP contribution is -2.38. The Balaban J connectivity index is 2.06. The van der Waals surface area contributed by atoms with Crippen molar-refractivity contribution in [3.63, 3.8) is 0 Å². The molecule has 1 aliphatic carbocycles. The number of ether oxygens (including phenoxy) is 2. The Morgan fingerprint density at radius 1 is 1.29 bits per heavy atom. The van der Waals surface area contributed by atoms with Crippen LogP contribution in [0.1, 0.15) is 47.5 Å².